The van der Waals surface area contributed by atoms with E-state index in [0.29, 0.717) is 17.3 Å². The maximum Gasteiger partial charge on any atom is 0.430 e. The fourth-order valence-electron chi connectivity index (χ4n) is 5.76. The smallest absolute Gasteiger partial charge is 0.430 e. The molecule has 1 amide bonds. The average molecular weight is 555 g/mol. The Morgan fingerprint density at radius 1 is 1.06 bits per heavy atom. The van der Waals surface area contributed by atoms with Crippen molar-refractivity contribution in [3.8, 4) is 5.75 Å². The van der Waals surface area contributed by atoms with Crippen molar-refractivity contribution in [1.82, 2.24) is 10.2 Å². The van der Waals surface area contributed by atoms with Crippen molar-refractivity contribution in [3.05, 3.63) is 64.1 Å². The van der Waals surface area contributed by atoms with Crippen LogP contribution in [0.25, 0.3) is 0 Å². The largest absolute Gasteiger partial charge is 0.496 e. The van der Waals surface area contributed by atoms with Crippen LogP contribution in [0.1, 0.15) is 36.3 Å². The van der Waals surface area contributed by atoms with E-state index in [-0.39, 0.29) is 30.0 Å². The summed E-state index contributed by atoms with van der Waals surface area (Å²) in [4.78, 5) is 14.9. The topological polar surface area (TPSA) is 50.8 Å². The van der Waals surface area contributed by atoms with Crippen LogP contribution in [0.3, 0.4) is 0 Å². The highest BCUT2D eigenvalue weighted by atomic mass is 79.9. The molecular weight excluding hydrogens is 525 g/mol. The number of rotatable bonds is 5. The first-order valence-electron chi connectivity index (χ1n) is 11.7. The molecule has 2 aliphatic heterocycles. The number of halogens is 4. The molecule has 0 saturated carbocycles. The van der Waals surface area contributed by atoms with Gasteiger partial charge in [-0.2, -0.15) is 13.2 Å². The summed E-state index contributed by atoms with van der Waals surface area (Å²) in [5.74, 6) is -0.108. The van der Waals surface area contributed by atoms with Crippen LogP contribution in [0.4, 0.5) is 13.2 Å². The van der Waals surface area contributed by atoms with Gasteiger partial charge in [0, 0.05) is 42.7 Å². The van der Waals surface area contributed by atoms with Gasteiger partial charge in [0.25, 0.3) is 11.5 Å². The lowest BCUT2D eigenvalue weighted by Gasteiger charge is -2.51. The molecule has 2 aromatic rings. The quantitative estimate of drug-likeness (QED) is 0.548. The second-order valence-electron chi connectivity index (χ2n) is 9.29. The summed E-state index contributed by atoms with van der Waals surface area (Å²) in [6.07, 6.45) is -2.81. The Balaban J connectivity index is 1.62. The van der Waals surface area contributed by atoms with Crippen LogP contribution in [-0.2, 0) is 15.1 Å². The number of piperidine rings is 2. The molecule has 2 unspecified atom stereocenters. The van der Waals surface area contributed by atoms with Gasteiger partial charge in [0.2, 0.25) is 0 Å². The van der Waals surface area contributed by atoms with Crippen LogP contribution in [0.15, 0.2) is 53.0 Å². The standard InChI is InChI=1S/C26H30BrF3N2O3/c1-34-22-6-4-3-5-20(22)21-17-31-14-11-24(21)12-15-32(16-13-24)23(33)25(35-2,26(28,29)30)18-7-9-19(27)10-8-18/h3-10,21,31H,11-17H2,1-2H3. The highest BCUT2D eigenvalue weighted by molar-refractivity contribution is 9.10. The Bertz CT molecular complexity index is 1040. The number of nitrogens with zero attached hydrogens (tertiary/aromatic N) is 1. The lowest BCUT2D eigenvalue weighted by Crippen LogP contribution is -2.59. The molecule has 1 spiro atoms. The molecule has 4 rings (SSSR count). The molecule has 2 fully saturated rings. The van der Waals surface area contributed by atoms with Crippen molar-refractivity contribution in [2.75, 3.05) is 40.4 Å². The third kappa shape index (κ3) is 4.58. The van der Waals surface area contributed by atoms with Crippen molar-refractivity contribution < 1.29 is 27.4 Å². The Morgan fingerprint density at radius 3 is 2.31 bits per heavy atom. The van der Waals surface area contributed by atoms with Gasteiger partial charge in [-0.15, -0.1) is 0 Å². The number of likely N-dealkylation sites (tertiary alicyclic amines) is 1. The summed E-state index contributed by atoms with van der Waals surface area (Å²) in [7, 11) is 2.59. The van der Waals surface area contributed by atoms with Crippen molar-refractivity contribution >= 4 is 21.8 Å². The molecule has 2 aromatic carbocycles. The van der Waals surface area contributed by atoms with E-state index in [0.717, 1.165) is 37.9 Å². The number of methoxy groups -OCH3 is 2. The number of benzene rings is 2. The van der Waals surface area contributed by atoms with Gasteiger partial charge in [-0.1, -0.05) is 46.3 Å². The Morgan fingerprint density at radius 2 is 1.71 bits per heavy atom. The summed E-state index contributed by atoms with van der Waals surface area (Å²) in [5, 5.41) is 3.46. The predicted octanol–water partition coefficient (Wildman–Crippen LogP) is 5.25. The average Bonchev–Trinajstić information content (AvgIpc) is 2.85. The minimum Gasteiger partial charge on any atom is -0.496 e. The van der Waals surface area contributed by atoms with Crippen molar-refractivity contribution in [1.29, 1.82) is 0 Å². The Kier molecular flexibility index (Phi) is 7.50. The van der Waals surface area contributed by atoms with Crippen LogP contribution >= 0.6 is 15.9 Å². The van der Waals surface area contributed by atoms with E-state index in [1.807, 2.05) is 18.2 Å². The molecule has 0 aromatic heterocycles. The van der Waals surface area contributed by atoms with Crippen molar-refractivity contribution in [2.24, 2.45) is 5.41 Å². The van der Waals surface area contributed by atoms with Gasteiger partial charge in [0.1, 0.15) is 5.75 Å². The fourth-order valence-corrected chi connectivity index (χ4v) is 6.02. The molecule has 9 heteroatoms. The number of alkyl halides is 3. The second kappa shape index (κ2) is 10.1. The molecule has 0 bridgehead atoms. The van der Waals surface area contributed by atoms with E-state index in [9.17, 15) is 18.0 Å². The molecule has 2 heterocycles. The van der Waals surface area contributed by atoms with Gasteiger partial charge in [0.05, 0.1) is 7.11 Å². The summed E-state index contributed by atoms with van der Waals surface area (Å²) in [6, 6.07) is 13.4. The second-order valence-corrected chi connectivity index (χ2v) is 10.2. The molecule has 2 aliphatic rings. The van der Waals surface area contributed by atoms with E-state index in [4.69, 9.17) is 9.47 Å². The lowest BCUT2D eigenvalue weighted by atomic mass is 9.62. The summed E-state index contributed by atoms with van der Waals surface area (Å²) in [5.41, 5.74) is -2.30. The van der Waals surface area contributed by atoms with E-state index in [1.165, 1.54) is 29.2 Å². The van der Waals surface area contributed by atoms with Crippen molar-refractivity contribution in [3.63, 3.8) is 0 Å². The van der Waals surface area contributed by atoms with Crippen LogP contribution in [0, 0.1) is 5.41 Å². The molecule has 1 N–H and O–H groups in total. The molecule has 0 radical (unpaired) electrons. The molecule has 190 valence electrons. The maximum absolute atomic E-state index is 14.5. The number of para-hydroxylation sites is 1. The highest BCUT2D eigenvalue weighted by Crippen LogP contribution is 2.51. The zero-order chi connectivity index (χ0) is 25.3. The predicted molar refractivity (Wildman–Crippen MR) is 130 cm³/mol. The van der Waals surface area contributed by atoms with Crippen LogP contribution in [0.5, 0.6) is 5.75 Å². The maximum atomic E-state index is 14.5. The number of carbonyl (C=O) groups is 1. The first-order valence-corrected chi connectivity index (χ1v) is 12.5. The SMILES string of the molecule is COc1ccccc1C1CNCCC12CCN(C(=O)C(OC)(c1ccc(Br)cc1)C(F)(F)F)CC2. The molecule has 2 saturated heterocycles. The first-order chi connectivity index (χ1) is 16.7. The van der Waals surface area contributed by atoms with Crippen molar-refractivity contribution in [2.45, 2.75) is 37.0 Å². The zero-order valence-corrected chi connectivity index (χ0v) is 21.4. The monoisotopic (exact) mass is 554 g/mol. The fraction of sp³-hybridized carbons (Fsp3) is 0.500. The molecule has 35 heavy (non-hydrogen) atoms. The van der Waals surface area contributed by atoms with E-state index >= 15 is 0 Å². The molecular formula is C26H30BrF3N2O3. The summed E-state index contributed by atoms with van der Waals surface area (Å²) in [6.45, 7) is 2.07. The number of nitrogens with one attached hydrogen (secondary N) is 1. The number of hydrogen-bond donors (Lipinski definition) is 1. The number of ether oxygens (including phenoxy) is 2. The minimum atomic E-state index is -4.92. The summed E-state index contributed by atoms with van der Waals surface area (Å²) >= 11 is 3.24. The molecule has 0 aliphatic carbocycles. The van der Waals surface area contributed by atoms with Gasteiger partial charge in [-0.3, -0.25) is 4.79 Å². The normalized spacial score (nSPS) is 22.0. The highest BCUT2D eigenvalue weighted by Gasteiger charge is 2.64. The van der Waals surface area contributed by atoms with Gasteiger partial charge in [-0.05, 0) is 55.0 Å². The van der Waals surface area contributed by atoms with Gasteiger partial charge >= 0.3 is 6.18 Å². The van der Waals surface area contributed by atoms with Gasteiger partial charge < -0.3 is 19.7 Å². The minimum absolute atomic E-state index is 0.123. The van der Waals surface area contributed by atoms with Crippen LogP contribution < -0.4 is 10.1 Å². The number of hydrogen-bond acceptors (Lipinski definition) is 4. The van der Waals surface area contributed by atoms with E-state index < -0.39 is 17.7 Å². The van der Waals surface area contributed by atoms with E-state index in [2.05, 4.69) is 27.3 Å². The van der Waals surface area contributed by atoms with E-state index in [1.54, 1.807) is 7.11 Å². The third-order valence-electron chi connectivity index (χ3n) is 7.71. The third-order valence-corrected chi connectivity index (χ3v) is 8.23. The lowest BCUT2D eigenvalue weighted by molar-refractivity contribution is -0.271. The molecule has 2 atom stereocenters. The van der Waals surface area contributed by atoms with Gasteiger partial charge in [0.15, 0.2) is 0 Å². The number of amides is 1. The zero-order valence-electron chi connectivity index (χ0n) is 19.8. The molecule has 5 nitrogen and oxygen atoms in total. The Hall–Kier alpha value is -2.10. The first kappa shape index (κ1) is 26.0. The summed E-state index contributed by atoms with van der Waals surface area (Å²) < 4.78 is 54.7. The number of carbonyl (C=O) groups excluding carboxylic acids is 1. The van der Waals surface area contributed by atoms with Gasteiger partial charge in [-0.25, -0.2) is 0 Å². The van der Waals surface area contributed by atoms with Crippen LogP contribution in [0.2, 0.25) is 0 Å². The Labute approximate surface area is 212 Å². The van der Waals surface area contributed by atoms with Crippen LogP contribution in [-0.4, -0.2) is 57.4 Å².